The molecule has 0 unspecified atom stereocenters. The number of thiophene rings is 1. The molecule has 0 radical (unpaired) electrons. The monoisotopic (exact) mass is 399 g/mol. The van der Waals surface area contributed by atoms with Crippen LogP contribution in [-0.2, 0) is 30.9 Å². The number of aromatic nitrogens is 2. The molecule has 7 heteroatoms. The van der Waals surface area contributed by atoms with Gasteiger partial charge in [0.05, 0.1) is 30.7 Å². The van der Waals surface area contributed by atoms with Crippen LogP contribution in [0.2, 0.25) is 0 Å². The molecule has 0 spiro atoms. The van der Waals surface area contributed by atoms with Crippen molar-refractivity contribution >= 4 is 21.6 Å². The second-order valence-electron chi connectivity index (χ2n) is 7.84. The zero-order chi connectivity index (χ0) is 19.7. The van der Waals surface area contributed by atoms with Gasteiger partial charge in [-0.1, -0.05) is 30.3 Å². The fourth-order valence-electron chi connectivity index (χ4n) is 3.68. The fourth-order valence-corrected chi connectivity index (χ4v) is 4.80. The van der Waals surface area contributed by atoms with E-state index in [1.807, 2.05) is 32.0 Å². The molecule has 28 heavy (non-hydrogen) atoms. The quantitative estimate of drug-likeness (QED) is 0.666. The summed E-state index contributed by atoms with van der Waals surface area (Å²) in [6, 6.07) is 10.1. The number of H-pyrrole nitrogens is 1. The molecule has 0 atom stereocenters. The molecule has 4 rings (SSSR count). The van der Waals surface area contributed by atoms with Gasteiger partial charge in [-0.25, -0.2) is 4.98 Å². The van der Waals surface area contributed by atoms with Crippen LogP contribution < -0.4 is 5.56 Å². The van der Waals surface area contributed by atoms with Crippen LogP contribution in [0.15, 0.2) is 35.1 Å². The zero-order valence-electron chi connectivity index (χ0n) is 16.2. The molecule has 2 aromatic heterocycles. The van der Waals surface area contributed by atoms with Gasteiger partial charge in [0.25, 0.3) is 5.56 Å². The Morgan fingerprint density at radius 2 is 2.07 bits per heavy atom. The minimum absolute atomic E-state index is 0.0546. The van der Waals surface area contributed by atoms with E-state index in [1.54, 1.807) is 11.3 Å². The van der Waals surface area contributed by atoms with E-state index in [1.165, 1.54) is 0 Å². The molecule has 2 N–H and O–H groups in total. The highest BCUT2D eigenvalue weighted by Gasteiger charge is 2.30. The van der Waals surface area contributed by atoms with Crippen molar-refractivity contribution in [3.63, 3.8) is 0 Å². The molecule has 148 valence electrons. The summed E-state index contributed by atoms with van der Waals surface area (Å²) in [6.07, 6.45) is 0.719. The van der Waals surface area contributed by atoms with Gasteiger partial charge >= 0.3 is 0 Å². The minimum Gasteiger partial charge on any atom is -0.395 e. The number of nitrogens with one attached hydrogen (secondary N) is 1. The van der Waals surface area contributed by atoms with Gasteiger partial charge in [0.15, 0.2) is 0 Å². The standard InChI is InChI=1S/C21H25N3O3S/c1-21(2)10-15-16(13-27-21)28-20-18(15)19(26)22-17(23-20)12-24(8-9-25)11-14-6-4-3-5-7-14/h3-7,25H,8-13H2,1-2H3,(H,22,23,26). The first-order valence-corrected chi connectivity index (χ1v) is 10.3. The summed E-state index contributed by atoms with van der Waals surface area (Å²) in [6.45, 7) is 6.36. The summed E-state index contributed by atoms with van der Waals surface area (Å²) in [5.41, 5.74) is 1.89. The number of benzene rings is 1. The van der Waals surface area contributed by atoms with Gasteiger partial charge in [-0.3, -0.25) is 9.69 Å². The minimum atomic E-state index is -0.264. The van der Waals surface area contributed by atoms with Crippen LogP contribution >= 0.6 is 11.3 Å². The normalized spacial score (nSPS) is 15.9. The maximum absolute atomic E-state index is 12.8. The third-order valence-electron chi connectivity index (χ3n) is 5.03. The van der Waals surface area contributed by atoms with Crippen LogP contribution in [0.25, 0.3) is 10.2 Å². The lowest BCUT2D eigenvalue weighted by atomic mass is 9.94. The van der Waals surface area contributed by atoms with Crippen molar-refractivity contribution in [2.75, 3.05) is 13.2 Å². The van der Waals surface area contributed by atoms with Gasteiger partial charge in [-0.2, -0.15) is 0 Å². The summed E-state index contributed by atoms with van der Waals surface area (Å²) in [5.74, 6) is 0.626. The van der Waals surface area contributed by atoms with Crippen LogP contribution in [0.5, 0.6) is 0 Å². The Bertz CT molecular complexity index is 1030. The molecule has 1 aliphatic heterocycles. The van der Waals surface area contributed by atoms with E-state index in [9.17, 15) is 9.90 Å². The average Bonchev–Trinajstić information content (AvgIpc) is 2.99. The lowest BCUT2D eigenvalue weighted by molar-refractivity contribution is -0.0379. The molecule has 0 amide bonds. The highest BCUT2D eigenvalue weighted by molar-refractivity contribution is 7.18. The lowest BCUT2D eigenvalue weighted by Gasteiger charge is -2.29. The number of fused-ring (bicyclic) bond motifs is 3. The van der Waals surface area contributed by atoms with Gasteiger partial charge in [0.2, 0.25) is 0 Å². The van der Waals surface area contributed by atoms with E-state index < -0.39 is 0 Å². The molecule has 1 aliphatic rings. The first-order valence-electron chi connectivity index (χ1n) is 9.50. The molecule has 0 fully saturated rings. The molecule has 6 nitrogen and oxygen atoms in total. The van der Waals surface area contributed by atoms with Gasteiger partial charge in [0.1, 0.15) is 10.7 Å². The average molecular weight is 400 g/mol. The second-order valence-corrected chi connectivity index (χ2v) is 8.93. The number of ether oxygens (including phenoxy) is 1. The molecule has 0 saturated heterocycles. The highest BCUT2D eigenvalue weighted by atomic mass is 32.1. The SMILES string of the molecule is CC1(C)Cc2c(sc3nc(CN(CCO)Cc4ccccc4)[nH]c(=O)c23)CO1. The molecule has 1 aromatic carbocycles. The molecular weight excluding hydrogens is 374 g/mol. The summed E-state index contributed by atoms with van der Waals surface area (Å²) < 4.78 is 5.89. The topological polar surface area (TPSA) is 78.5 Å². The van der Waals surface area contributed by atoms with Crippen molar-refractivity contribution in [2.24, 2.45) is 0 Å². The number of hydrogen-bond donors (Lipinski definition) is 2. The fraction of sp³-hybridized carbons (Fsp3) is 0.429. The maximum atomic E-state index is 12.8. The first kappa shape index (κ1) is 19.3. The van der Waals surface area contributed by atoms with Gasteiger partial charge < -0.3 is 14.8 Å². The molecule has 0 aliphatic carbocycles. The summed E-state index contributed by atoms with van der Waals surface area (Å²) >= 11 is 1.55. The smallest absolute Gasteiger partial charge is 0.259 e. The predicted molar refractivity (Wildman–Crippen MR) is 110 cm³/mol. The van der Waals surface area contributed by atoms with Crippen molar-refractivity contribution in [1.29, 1.82) is 0 Å². The number of aliphatic hydroxyl groups excluding tert-OH is 1. The van der Waals surface area contributed by atoms with Crippen LogP contribution in [0.4, 0.5) is 0 Å². The molecule has 0 saturated carbocycles. The highest BCUT2D eigenvalue weighted by Crippen LogP contribution is 2.36. The summed E-state index contributed by atoms with van der Waals surface area (Å²) in [4.78, 5) is 24.5. The summed E-state index contributed by atoms with van der Waals surface area (Å²) in [5, 5.41) is 10.1. The number of aliphatic hydroxyl groups is 1. The third kappa shape index (κ3) is 4.03. The molecule has 0 bridgehead atoms. The van der Waals surface area contributed by atoms with E-state index in [2.05, 4.69) is 22.0 Å². The van der Waals surface area contributed by atoms with Gasteiger partial charge in [0, 0.05) is 24.4 Å². The Morgan fingerprint density at radius 3 is 2.82 bits per heavy atom. The first-order chi connectivity index (χ1) is 13.4. The van der Waals surface area contributed by atoms with Crippen molar-refractivity contribution in [3.05, 3.63) is 62.5 Å². The van der Waals surface area contributed by atoms with Crippen molar-refractivity contribution < 1.29 is 9.84 Å². The molecule has 3 aromatic rings. The van der Waals surface area contributed by atoms with Crippen LogP contribution in [0, 0.1) is 0 Å². The molecular formula is C21H25N3O3S. The predicted octanol–water partition coefficient (Wildman–Crippen LogP) is 2.83. The van der Waals surface area contributed by atoms with Crippen LogP contribution in [0.3, 0.4) is 0 Å². The Kier molecular flexibility index (Phi) is 5.33. The Balaban J connectivity index is 1.63. The number of hydrogen-bond acceptors (Lipinski definition) is 6. The van der Waals surface area contributed by atoms with E-state index in [0.717, 1.165) is 27.3 Å². The Morgan fingerprint density at radius 1 is 1.29 bits per heavy atom. The Labute approximate surface area is 167 Å². The largest absolute Gasteiger partial charge is 0.395 e. The summed E-state index contributed by atoms with van der Waals surface area (Å²) in [7, 11) is 0. The number of nitrogens with zero attached hydrogens (tertiary/aromatic N) is 2. The maximum Gasteiger partial charge on any atom is 0.259 e. The van der Waals surface area contributed by atoms with E-state index >= 15 is 0 Å². The van der Waals surface area contributed by atoms with E-state index in [0.29, 0.717) is 37.5 Å². The third-order valence-corrected chi connectivity index (χ3v) is 6.13. The van der Waals surface area contributed by atoms with Crippen LogP contribution in [0.1, 0.15) is 35.7 Å². The van der Waals surface area contributed by atoms with Crippen molar-refractivity contribution in [3.8, 4) is 0 Å². The van der Waals surface area contributed by atoms with E-state index in [4.69, 9.17) is 9.72 Å². The molecule has 3 heterocycles. The zero-order valence-corrected chi connectivity index (χ0v) is 17.0. The van der Waals surface area contributed by atoms with Crippen molar-refractivity contribution in [1.82, 2.24) is 14.9 Å². The van der Waals surface area contributed by atoms with Gasteiger partial charge in [-0.05, 0) is 25.0 Å². The second kappa shape index (κ2) is 7.75. The van der Waals surface area contributed by atoms with Crippen LogP contribution in [-0.4, -0.2) is 38.7 Å². The number of aromatic amines is 1. The Hall–Kier alpha value is -2.06. The lowest BCUT2D eigenvalue weighted by Crippen LogP contribution is -2.31. The van der Waals surface area contributed by atoms with E-state index in [-0.39, 0.29) is 17.8 Å². The van der Waals surface area contributed by atoms with Crippen molar-refractivity contribution in [2.45, 2.75) is 45.6 Å². The number of rotatable bonds is 6. The van der Waals surface area contributed by atoms with Gasteiger partial charge in [-0.15, -0.1) is 11.3 Å².